The largest absolute Gasteiger partial charge is 0.510 e. The molecule has 4 unspecified atom stereocenters. The van der Waals surface area contributed by atoms with Crippen LogP contribution >= 0.6 is 0 Å². The highest BCUT2D eigenvalue weighted by Crippen LogP contribution is 2.21. The smallest absolute Gasteiger partial charge is 0.351 e. The molecule has 1 aliphatic heterocycles. The van der Waals surface area contributed by atoms with Crippen LogP contribution in [0, 0.1) is 0 Å². The summed E-state index contributed by atoms with van der Waals surface area (Å²) in [5.41, 5.74) is 0. The Morgan fingerprint density at radius 2 is 1.92 bits per heavy atom. The summed E-state index contributed by atoms with van der Waals surface area (Å²) in [5.74, 6) is -1.33. The lowest BCUT2D eigenvalue weighted by molar-refractivity contribution is -0.117. The van der Waals surface area contributed by atoms with Crippen LogP contribution < -0.4 is 0 Å². The van der Waals surface area contributed by atoms with Gasteiger partial charge in [-0.1, -0.05) is 6.58 Å². The van der Waals surface area contributed by atoms with E-state index in [9.17, 15) is 4.79 Å². The lowest BCUT2D eigenvalue weighted by Crippen LogP contribution is -2.41. The van der Waals surface area contributed by atoms with Crippen molar-refractivity contribution in [2.45, 2.75) is 24.4 Å². The molecule has 6 heteroatoms. The number of ether oxygens (including phenoxy) is 1. The molecular formula is C7H10O6. The highest BCUT2D eigenvalue weighted by molar-refractivity contribution is 5.88. The van der Waals surface area contributed by atoms with Crippen molar-refractivity contribution < 1.29 is 30.0 Å². The number of aliphatic hydroxyl groups is 4. The second-order valence-electron chi connectivity index (χ2n) is 2.77. The monoisotopic (exact) mass is 190 g/mol. The first-order valence-electron chi connectivity index (χ1n) is 3.57. The van der Waals surface area contributed by atoms with Crippen LogP contribution in [0.15, 0.2) is 12.3 Å². The minimum absolute atomic E-state index is 0.651. The molecule has 1 saturated heterocycles. The van der Waals surface area contributed by atoms with Crippen LogP contribution in [0.25, 0.3) is 0 Å². The molecule has 0 spiro atoms. The van der Waals surface area contributed by atoms with Gasteiger partial charge in [-0.2, -0.15) is 0 Å². The van der Waals surface area contributed by atoms with Crippen LogP contribution in [-0.2, 0) is 9.53 Å². The van der Waals surface area contributed by atoms with Gasteiger partial charge in [0.25, 0.3) is 0 Å². The van der Waals surface area contributed by atoms with Crippen LogP contribution in [0.1, 0.15) is 0 Å². The molecule has 0 aromatic rings. The van der Waals surface area contributed by atoms with E-state index < -0.39 is 36.1 Å². The topological polar surface area (TPSA) is 111 Å². The Labute approximate surface area is 73.7 Å². The molecule has 13 heavy (non-hydrogen) atoms. The summed E-state index contributed by atoms with van der Waals surface area (Å²) in [6, 6.07) is 0. The lowest BCUT2D eigenvalue weighted by atomic mass is 10.0. The summed E-state index contributed by atoms with van der Waals surface area (Å²) in [5, 5.41) is 35.9. The Kier molecular flexibility index (Phi) is 2.55. The molecule has 4 N–H and O–H groups in total. The van der Waals surface area contributed by atoms with Crippen LogP contribution in [0.5, 0.6) is 0 Å². The molecule has 74 valence electrons. The number of hydrogen-bond acceptors (Lipinski definition) is 6. The zero-order valence-corrected chi connectivity index (χ0v) is 6.62. The van der Waals surface area contributed by atoms with Crippen molar-refractivity contribution in [3.05, 3.63) is 12.3 Å². The van der Waals surface area contributed by atoms with E-state index in [2.05, 4.69) is 11.3 Å². The highest BCUT2D eigenvalue weighted by atomic mass is 16.7. The fourth-order valence-electron chi connectivity index (χ4n) is 0.863. The summed E-state index contributed by atoms with van der Waals surface area (Å²) < 4.78 is 4.26. The van der Waals surface area contributed by atoms with E-state index in [0.717, 1.165) is 0 Å². The van der Waals surface area contributed by atoms with Crippen LogP contribution in [0.3, 0.4) is 0 Å². The Bertz CT molecular complexity index is 237. The zero-order chi connectivity index (χ0) is 10.2. The number of carbonyl (C=O) groups excluding carboxylic acids is 1. The number of epoxide rings is 1. The predicted octanol–water partition coefficient (Wildman–Crippen LogP) is -1.93. The Balaban J connectivity index is 2.51. The van der Waals surface area contributed by atoms with Gasteiger partial charge in [-0.25, -0.2) is 4.79 Å². The average Bonchev–Trinajstić information content (AvgIpc) is 2.78. The third-order valence-electron chi connectivity index (χ3n) is 1.74. The molecule has 0 aromatic carbocycles. The molecule has 0 aliphatic carbocycles. The molecule has 0 amide bonds. The second kappa shape index (κ2) is 3.33. The van der Waals surface area contributed by atoms with Gasteiger partial charge in [0.15, 0.2) is 0 Å². The van der Waals surface area contributed by atoms with E-state index >= 15 is 0 Å². The Hall–Kier alpha value is -1.11. The van der Waals surface area contributed by atoms with Gasteiger partial charge in [0.05, 0.1) is 0 Å². The van der Waals surface area contributed by atoms with Crippen molar-refractivity contribution in [3.8, 4) is 0 Å². The van der Waals surface area contributed by atoms with E-state index in [1.165, 1.54) is 0 Å². The SMILES string of the molecule is C=C(O)C(O)C(O)C(O)C1OC1=O. The van der Waals surface area contributed by atoms with E-state index in [4.69, 9.17) is 20.4 Å². The van der Waals surface area contributed by atoms with Gasteiger partial charge in [0, 0.05) is 0 Å². The zero-order valence-electron chi connectivity index (χ0n) is 6.62. The maximum absolute atomic E-state index is 10.4. The third kappa shape index (κ3) is 1.97. The van der Waals surface area contributed by atoms with Gasteiger partial charge >= 0.3 is 5.97 Å². The quantitative estimate of drug-likeness (QED) is 0.303. The van der Waals surface area contributed by atoms with E-state index in [1.807, 2.05) is 0 Å². The van der Waals surface area contributed by atoms with Gasteiger partial charge in [-0.15, -0.1) is 0 Å². The first kappa shape index (κ1) is 9.97. The summed E-state index contributed by atoms with van der Waals surface area (Å²) in [6.45, 7) is 2.97. The van der Waals surface area contributed by atoms with E-state index in [1.54, 1.807) is 0 Å². The first-order chi connectivity index (χ1) is 5.95. The normalized spacial score (nSPS) is 27.3. The summed E-state index contributed by atoms with van der Waals surface area (Å²) in [4.78, 5) is 10.4. The molecule has 0 bridgehead atoms. The molecule has 1 rings (SSSR count). The number of aliphatic hydroxyl groups excluding tert-OH is 4. The summed E-state index contributed by atoms with van der Waals surface area (Å²) >= 11 is 0. The van der Waals surface area contributed by atoms with E-state index in [0.29, 0.717) is 0 Å². The van der Waals surface area contributed by atoms with Crippen molar-refractivity contribution >= 4 is 5.97 Å². The molecule has 0 saturated carbocycles. The highest BCUT2D eigenvalue weighted by Gasteiger charge is 2.49. The standard InChI is InChI=1S/C7H10O6/c1-2(8)3(9)4(10)5(11)6-7(12)13-6/h3-6,8-11H,1H2. The van der Waals surface area contributed by atoms with Crippen molar-refractivity contribution in [2.24, 2.45) is 0 Å². The lowest BCUT2D eigenvalue weighted by Gasteiger charge is -2.19. The summed E-state index contributed by atoms with van der Waals surface area (Å²) in [7, 11) is 0. The van der Waals surface area contributed by atoms with Crippen molar-refractivity contribution in [3.63, 3.8) is 0 Å². The van der Waals surface area contributed by atoms with Gasteiger partial charge in [-0.3, -0.25) is 0 Å². The van der Waals surface area contributed by atoms with Crippen molar-refractivity contribution in [2.75, 3.05) is 0 Å². The molecule has 1 fully saturated rings. The molecule has 6 nitrogen and oxygen atoms in total. The minimum Gasteiger partial charge on any atom is -0.510 e. The fraction of sp³-hybridized carbons (Fsp3) is 0.571. The van der Waals surface area contributed by atoms with Crippen LogP contribution in [-0.4, -0.2) is 50.8 Å². The molecule has 0 radical (unpaired) electrons. The maximum Gasteiger partial charge on any atom is 0.351 e. The van der Waals surface area contributed by atoms with Crippen LogP contribution in [0.2, 0.25) is 0 Å². The van der Waals surface area contributed by atoms with Gasteiger partial charge in [0.2, 0.25) is 6.10 Å². The number of rotatable bonds is 4. The average molecular weight is 190 g/mol. The number of cyclic esters (lactones) is 1. The predicted molar refractivity (Wildman–Crippen MR) is 39.7 cm³/mol. The minimum atomic E-state index is -1.69. The molecule has 4 atom stereocenters. The fourth-order valence-corrected chi connectivity index (χ4v) is 0.863. The van der Waals surface area contributed by atoms with Crippen molar-refractivity contribution in [1.82, 2.24) is 0 Å². The molecular weight excluding hydrogens is 180 g/mol. The van der Waals surface area contributed by atoms with Crippen LogP contribution in [0.4, 0.5) is 0 Å². The van der Waals surface area contributed by atoms with Gasteiger partial charge < -0.3 is 25.2 Å². The van der Waals surface area contributed by atoms with Gasteiger partial charge in [-0.05, 0) is 0 Å². The van der Waals surface area contributed by atoms with Gasteiger partial charge in [0.1, 0.15) is 24.1 Å². The molecule has 1 heterocycles. The third-order valence-corrected chi connectivity index (χ3v) is 1.74. The maximum atomic E-state index is 10.4. The number of carbonyl (C=O) groups is 1. The second-order valence-corrected chi connectivity index (χ2v) is 2.77. The Morgan fingerprint density at radius 3 is 2.23 bits per heavy atom. The number of hydrogen-bond donors (Lipinski definition) is 4. The first-order valence-corrected chi connectivity index (χ1v) is 3.57. The van der Waals surface area contributed by atoms with E-state index in [-0.39, 0.29) is 0 Å². The molecule has 1 aliphatic rings. The van der Waals surface area contributed by atoms with Crippen molar-refractivity contribution in [1.29, 1.82) is 0 Å². The summed E-state index contributed by atoms with van der Waals surface area (Å²) in [6.07, 6.45) is -6.03. The molecule has 0 aromatic heterocycles. The Morgan fingerprint density at radius 1 is 1.46 bits per heavy atom.